The van der Waals surface area contributed by atoms with E-state index in [2.05, 4.69) is 28.5 Å². The van der Waals surface area contributed by atoms with Crippen molar-refractivity contribution in [3.05, 3.63) is 60.6 Å². The van der Waals surface area contributed by atoms with Crippen molar-refractivity contribution >= 4 is 38.7 Å². The average molecular weight is 312 g/mol. The summed E-state index contributed by atoms with van der Waals surface area (Å²) in [4.78, 5) is 20.7. The molecule has 0 atom stereocenters. The van der Waals surface area contributed by atoms with Gasteiger partial charge in [-0.25, -0.2) is 0 Å². The van der Waals surface area contributed by atoms with Gasteiger partial charge >= 0.3 is 0 Å². The van der Waals surface area contributed by atoms with Gasteiger partial charge in [-0.05, 0) is 24.6 Å². The molecule has 0 radical (unpaired) electrons. The second-order valence-corrected chi connectivity index (χ2v) is 5.49. The number of fused-ring (bicyclic) bond motifs is 1. The first-order valence-corrected chi connectivity index (χ1v) is 7.31. The minimum atomic E-state index is -0.325. The standard InChI is InChI=1S/C16H16N4OS/c1-4-10(3)11(9-18-5-2)20-16(21)13-14-12(22-15(13)17)7-6-8-19-14/h4-9H,1-2,17H2,3H3,(H,20,21)/b11-10+,18-9-. The molecule has 112 valence electrons. The molecule has 2 heterocycles. The van der Waals surface area contributed by atoms with Gasteiger partial charge in [0.1, 0.15) is 10.6 Å². The van der Waals surface area contributed by atoms with Crippen molar-refractivity contribution in [1.82, 2.24) is 10.3 Å². The van der Waals surface area contributed by atoms with E-state index in [9.17, 15) is 4.79 Å². The van der Waals surface area contributed by atoms with Crippen molar-refractivity contribution in [3.63, 3.8) is 0 Å². The lowest BCUT2D eigenvalue weighted by Gasteiger charge is -2.08. The molecule has 0 spiro atoms. The molecule has 0 aliphatic heterocycles. The first-order valence-electron chi connectivity index (χ1n) is 6.50. The highest BCUT2D eigenvalue weighted by Gasteiger charge is 2.19. The van der Waals surface area contributed by atoms with Crippen LogP contribution in [-0.2, 0) is 0 Å². The van der Waals surface area contributed by atoms with Crippen molar-refractivity contribution in [2.45, 2.75) is 6.92 Å². The van der Waals surface area contributed by atoms with Crippen LogP contribution in [0.15, 0.2) is 60.0 Å². The molecule has 0 fully saturated rings. The molecule has 22 heavy (non-hydrogen) atoms. The van der Waals surface area contributed by atoms with Gasteiger partial charge in [-0.15, -0.1) is 11.3 Å². The van der Waals surface area contributed by atoms with E-state index in [0.29, 0.717) is 21.8 Å². The van der Waals surface area contributed by atoms with Gasteiger partial charge in [-0.2, -0.15) is 0 Å². The number of allylic oxidation sites excluding steroid dienone is 3. The van der Waals surface area contributed by atoms with Gasteiger partial charge in [0.25, 0.3) is 5.91 Å². The highest BCUT2D eigenvalue weighted by Crippen LogP contribution is 2.31. The topological polar surface area (TPSA) is 80.4 Å². The van der Waals surface area contributed by atoms with Gasteiger partial charge in [0.15, 0.2) is 0 Å². The number of pyridine rings is 1. The number of carbonyl (C=O) groups excluding carboxylic acids is 1. The lowest BCUT2D eigenvalue weighted by molar-refractivity contribution is 0.0970. The number of nitrogens with zero attached hydrogens (tertiary/aromatic N) is 2. The smallest absolute Gasteiger partial charge is 0.260 e. The maximum Gasteiger partial charge on any atom is 0.260 e. The molecular formula is C16H16N4OS. The van der Waals surface area contributed by atoms with Gasteiger partial charge in [0.2, 0.25) is 0 Å². The number of hydrogen-bond donors (Lipinski definition) is 2. The summed E-state index contributed by atoms with van der Waals surface area (Å²) in [5, 5.41) is 3.23. The number of aliphatic imine (C=N–C) groups is 1. The normalized spacial score (nSPS) is 12.2. The Balaban J connectivity index is 2.42. The summed E-state index contributed by atoms with van der Waals surface area (Å²) in [5.41, 5.74) is 8.26. The molecule has 5 nitrogen and oxygen atoms in total. The highest BCUT2D eigenvalue weighted by atomic mass is 32.1. The molecule has 0 aliphatic carbocycles. The van der Waals surface area contributed by atoms with Crippen molar-refractivity contribution in [2.24, 2.45) is 4.99 Å². The number of amides is 1. The molecule has 2 rings (SSSR count). The zero-order chi connectivity index (χ0) is 16.1. The second kappa shape index (κ2) is 6.82. The Morgan fingerprint density at radius 3 is 2.95 bits per heavy atom. The van der Waals surface area contributed by atoms with Crippen LogP contribution in [-0.4, -0.2) is 17.1 Å². The number of hydrogen-bond acceptors (Lipinski definition) is 5. The Bertz CT molecular complexity index is 802. The third-order valence-electron chi connectivity index (χ3n) is 2.99. The van der Waals surface area contributed by atoms with Crippen molar-refractivity contribution in [2.75, 3.05) is 5.73 Å². The minimum Gasteiger partial charge on any atom is -0.390 e. The molecule has 2 aromatic rings. The summed E-state index contributed by atoms with van der Waals surface area (Å²) >= 11 is 1.33. The van der Waals surface area contributed by atoms with E-state index in [0.717, 1.165) is 10.3 Å². The third kappa shape index (κ3) is 3.12. The number of nitrogens with two attached hydrogens (primary N) is 1. The lowest BCUT2D eigenvalue weighted by atomic mass is 10.2. The first-order chi connectivity index (χ1) is 10.6. The van der Waals surface area contributed by atoms with Gasteiger partial charge < -0.3 is 11.1 Å². The van der Waals surface area contributed by atoms with Crippen LogP contribution in [0, 0.1) is 0 Å². The highest BCUT2D eigenvalue weighted by molar-refractivity contribution is 7.23. The SMILES string of the molecule is C=C/N=C\C(NC(=O)c1c(N)sc2cccnc12)=C(\C)C=C. The molecule has 0 aliphatic rings. The van der Waals surface area contributed by atoms with Crippen molar-refractivity contribution < 1.29 is 4.79 Å². The van der Waals surface area contributed by atoms with Gasteiger partial charge in [0, 0.05) is 12.4 Å². The lowest BCUT2D eigenvalue weighted by Crippen LogP contribution is -2.25. The van der Waals surface area contributed by atoms with Crippen LogP contribution < -0.4 is 11.1 Å². The first kappa shape index (κ1) is 15.7. The Morgan fingerprint density at radius 2 is 2.27 bits per heavy atom. The summed E-state index contributed by atoms with van der Waals surface area (Å²) in [7, 11) is 0. The summed E-state index contributed by atoms with van der Waals surface area (Å²) in [6.45, 7) is 9.03. The molecule has 6 heteroatoms. The van der Waals surface area contributed by atoms with Crippen LogP contribution in [0.25, 0.3) is 10.2 Å². The van der Waals surface area contributed by atoms with E-state index >= 15 is 0 Å². The summed E-state index contributed by atoms with van der Waals surface area (Å²) in [6.07, 6.45) is 6.17. The predicted octanol–water partition coefficient (Wildman–Crippen LogP) is 3.28. The quantitative estimate of drug-likeness (QED) is 0.656. The fraction of sp³-hybridized carbons (Fsp3) is 0.0625. The van der Waals surface area contributed by atoms with E-state index in [1.807, 2.05) is 19.1 Å². The second-order valence-electron chi connectivity index (χ2n) is 4.41. The van der Waals surface area contributed by atoms with Gasteiger partial charge in [-0.1, -0.05) is 19.2 Å². The van der Waals surface area contributed by atoms with Gasteiger partial charge in [0.05, 0.1) is 22.1 Å². The number of aromatic nitrogens is 1. The molecule has 0 aromatic carbocycles. The molecule has 1 amide bonds. The van der Waals surface area contributed by atoms with Crippen LogP contribution in [0.5, 0.6) is 0 Å². The number of nitrogen functional groups attached to an aromatic ring is 1. The minimum absolute atomic E-state index is 0.325. The Hall–Kier alpha value is -2.73. The molecule has 0 saturated heterocycles. The van der Waals surface area contributed by atoms with E-state index in [1.165, 1.54) is 23.8 Å². The maximum atomic E-state index is 12.6. The zero-order valence-corrected chi connectivity index (χ0v) is 13.0. The molecule has 0 saturated carbocycles. The van der Waals surface area contributed by atoms with Crippen molar-refractivity contribution in [1.29, 1.82) is 0 Å². The number of anilines is 1. The molecule has 2 aromatic heterocycles. The zero-order valence-electron chi connectivity index (χ0n) is 12.2. The van der Waals surface area contributed by atoms with E-state index < -0.39 is 0 Å². The Kier molecular flexibility index (Phi) is 4.85. The van der Waals surface area contributed by atoms with Gasteiger partial charge in [-0.3, -0.25) is 14.8 Å². The third-order valence-corrected chi connectivity index (χ3v) is 3.96. The van der Waals surface area contributed by atoms with Crippen molar-refractivity contribution in [3.8, 4) is 0 Å². The van der Waals surface area contributed by atoms with Crippen LogP contribution in [0.1, 0.15) is 17.3 Å². The van der Waals surface area contributed by atoms with Crippen LogP contribution in [0.3, 0.4) is 0 Å². The Morgan fingerprint density at radius 1 is 1.50 bits per heavy atom. The summed E-state index contributed by atoms with van der Waals surface area (Å²) in [6, 6.07) is 3.69. The van der Waals surface area contributed by atoms with Crippen LogP contribution in [0.4, 0.5) is 5.00 Å². The largest absolute Gasteiger partial charge is 0.390 e. The average Bonchev–Trinajstić information content (AvgIpc) is 2.86. The number of rotatable bonds is 5. The number of carbonyl (C=O) groups is 1. The summed E-state index contributed by atoms with van der Waals surface area (Å²) < 4.78 is 0.871. The number of thiophene rings is 1. The fourth-order valence-corrected chi connectivity index (χ4v) is 2.75. The predicted molar refractivity (Wildman–Crippen MR) is 93.1 cm³/mol. The number of nitrogens with one attached hydrogen (secondary N) is 1. The molecule has 3 N–H and O–H groups in total. The van der Waals surface area contributed by atoms with E-state index in [1.54, 1.807) is 12.3 Å². The Labute approximate surface area is 132 Å². The fourth-order valence-electron chi connectivity index (χ4n) is 1.82. The maximum absolute atomic E-state index is 12.6. The molecular weight excluding hydrogens is 296 g/mol. The monoisotopic (exact) mass is 312 g/mol. The van der Waals surface area contributed by atoms with E-state index in [-0.39, 0.29) is 5.91 Å². The van der Waals surface area contributed by atoms with E-state index in [4.69, 9.17) is 5.73 Å². The molecule has 0 unspecified atom stereocenters. The molecule has 0 bridgehead atoms. The summed E-state index contributed by atoms with van der Waals surface area (Å²) in [5.74, 6) is -0.325. The van der Waals surface area contributed by atoms with Crippen LogP contribution in [0.2, 0.25) is 0 Å². The van der Waals surface area contributed by atoms with Crippen LogP contribution >= 0.6 is 11.3 Å².